The average Bonchev–Trinajstić information content (AvgIpc) is 3.37. The zero-order valence-electron chi connectivity index (χ0n) is 28.0. The lowest BCUT2D eigenvalue weighted by Crippen LogP contribution is -2.40. The molecule has 0 unspecified atom stereocenters. The van der Waals surface area contributed by atoms with Gasteiger partial charge in [0.15, 0.2) is 16.3 Å². The first kappa shape index (κ1) is 34.2. The van der Waals surface area contributed by atoms with E-state index >= 15 is 0 Å². The number of carbonyl (C=O) groups is 1. The molecule has 0 aliphatic carbocycles. The molecule has 252 valence electrons. The molecule has 1 atom stereocenters. The lowest BCUT2D eigenvalue weighted by atomic mass is 9.95. The topological polar surface area (TPSA) is 88.4 Å². The van der Waals surface area contributed by atoms with Crippen molar-refractivity contribution in [3.05, 3.63) is 131 Å². The number of ether oxygens (including phenoxy) is 4. The number of carbonyl (C=O) groups excluding carboxylic acids is 1. The van der Waals surface area contributed by atoms with E-state index in [1.807, 2.05) is 69.3 Å². The maximum atomic E-state index is 14.3. The predicted molar refractivity (Wildman–Crippen MR) is 196 cm³/mol. The number of fused-ring (bicyclic) bond motifs is 2. The van der Waals surface area contributed by atoms with Crippen LogP contribution in [0.25, 0.3) is 16.8 Å². The molecule has 2 heterocycles. The quantitative estimate of drug-likeness (QED) is 0.131. The zero-order chi connectivity index (χ0) is 34.7. The van der Waals surface area contributed by atoms with Crippen LogP contribution in [0.2, 0.25) is 0 Å². The van der Waals surface area contributed by atoms with E-state index in [1.54, 1.807) is 24.5 Å². The molecule has 0 N–H and O–H groups in total. The number of aromatic nitrogens is 1. The summed E-state index contributed by atoms with van der Waals surface area (Å²) >= 11 is 4.95. The van der Waals surface area contributed by atoms with E-state index in [-0.39, 0.29) is 18.3 Å². The molecule has 0 saturated heterocycles. The molecule has 49 heavy (non-hydrogen) atoms. The Morgan fingerprint density at radius 3 is 2.47 bits per heavy atom. The molecule has 8 nitrogen and oxygen atoms in total. The largest absolute Gasteiger partial charge is 0.491 e. The van der Waals surface area contributed by atoms with Crippen LogP contribution in [-0.4, -0.2) is 29.9 Å². The molecule has 0 fully saturated rings. The third-order valence-corrected chi connectivity index (χ3v) is 9.49. The summed E-state index contributed by atoms with van der Waals surface area (Å²) in [6, 6.07) is 24.9. The number of thiazole rings is 1. The predicted octanol–water partition coefficient (Wildman–Crippen LogP) is 7.48. The number of rotatable bonds is 11. The minimum atomic E-state index is -0.788. The number of allylic oxidation sites excluding steroid dienone is 1. The van der Waals surface area contributed by atoms with E-state index < -0.39 is 12.0 Å². The van der Waals surface area contributed by atoms with E-state index in [1.165, 1.54) is 16.7 Å². The van der Waals surface area contributed by atoms with E-state index in [2.05, 4.69) is 46.3 Å². The molecule has 0 bridgehead atoms. The molecule has 5 aromatic rings. The summed E-state index contributed by atoms with van der Waals surface area (Å²) in [4.78, 5) is 32.9. The Morgan fingerprint density at radius 1 is 0.959 bits per heavy atom. The Labute approximate surface area is 297 Å². The first-order valence-corrected chi connectivity index (χ1v) is 17.8. The summed E-state index contributed by atoms with van der Waals surface area (Å²) in [7, 11) is 0. The van der Waals surface area contributed by atoms with E-state index in [9.17, 15) is 9.59 Å². The van der Waals surface area contributed by atoms with Crippen molar-refractivity contribution >= 4 is 50.1 Å². The summed E-state index contributed by atoms with van der Waals surface area (Å²) in [5.41, 5.74) is 2.95. The second-order valence-corrected chi connectivity index (χ2v) is 13.6. The monoisotopic (exact) mass is 740 g/mol. The van der Waals surface area contributed by atoms with Gasteiger partial charge in [0.25, 0.3) is 5.56 Å². The van der Waals surface area contributed by atoms with Gasteiger partial charge in [-0.15, -0.1) is 0 Å². The number of nitrogens with zero attached hydrogens (tertiary/aromatic N) is 2. The van der Waals surface area contributed by atoms with Crippen molar-refractivity contribution in [2.24, 2.45) is 4.99 Å². The van der Waals surface area contributed by atoms with Gasteiger partial charge in [0.05, 0.1) is 39.6 Å². The van der Waals surface area contributed by atoms with Crippen molar-refractivity contribution in [1.82, 2.24) is 4.57 Å². The number of esters is 1. The number of para-hydroxylation sites is 1. The fourth-order valence-corrected chi connectivity index (χ4v) is 7.48. The molecular weight excluding hydrogens is 704 g/mol. The third kappa shape index (κ3) is 7.21. The van der Waals surface area contributed by atoms with Crippen LogP contribution in [0.4, 0.5) is 0 Å². The highest BCUT2D eigenvalue weighted by molar-refractivity contribution is 9.10. The van der Waals surface area contributed by atoms with Crippen LogP contribution < -0.4 is 29.1 Å². The lowest BCUT2D eigenvalue weighted by Gasteiger charge is -2.26. The Kier molecular flexibility index (Phi) is 10.4. The Bertz CT molecular complexity index is 2250. The summed E-state index contributed by atoms with van der Waals surface area (Å²) in [5.74, 6) is 1.19. The molecule has 0 saturated carbocycles. The normalized spacial score (nSPS) is 14.5. The second-order valence-electron chi connectivity index (χ2n) is 11.7. The van der Waals surface area contributed by atoms with Crippen LogP contribution in [-0.2, 0) is 16.1 Å². The zero-order valence-corrected chi connectivity index (χ0v) is 30.4. The standard InChI is InChI=1S/C39H37BrN2O6S/c1-6-45-32-20-26(19-30(40)36(32)47-22-25-16-17-27-12-8-9-13-28(27)18-25)21-33-37(43)42-35(29-14-10-11-15-31(29)48-23(3)4)34(38(44)46-7-2)24(5)41-39(42)49-33/h8-21,23,35H,6-7,22H2,1-5H3/b33-21+/t35-/m1/s1. The van der Waals surface area contributed by atoms with Crippen molar-refractivity contribution < 1.29 is 23.7 Å². The smallest absolute Gasteiger partial charge is 0.338 e. The molecule has 0 radical (unpaired) electrons. The Hall–Kier alpha value is -4.67. The van der Waals surface area contributed by atoms with Crippen molar-refractivity contribution in [3.63, 3.8) is 0 Å². The van der Waals surface area contributed by atoms with Crippen LogP contribution in [0.5, 0.6) is 17.2 Å². The fraction of sp³-hybridized carbons (Fsp3) is 0.256. The van der Waals surface area contributed by atoms with Gasteiger partial charge in [0.1, 0.15) is 18.4 Å². The maximum absolute atomic E-state index is 14.3. The summed E-state index contributed by atoms with van der Waals surface area (Å²) < 4.78 is 26.6. The SMILES string of the molecule is CCOC(=O)C1=C(C)N=c2s/c(=C/c3cc(Br)c(OCc4ccc5ccccc5c4)c(OCC)c3)c(=O)n2[C@@H]1c1ccccc1OC(C)C. The van der Waals surface area contributed by atoms with Crippen LogP contribution in [0.3, 0.4) is 0 Å². The van der Waals surface area contributed by atoms with Gasteiger partial charge in [0, 0.05) is 5.56 Å². The van der Waals surface area contributed by atoms with Crippen LogP contribution in [0.15, 0.2) is 104 Å². The van der Waals surface area contributed by atoms with E-state index in [0.717, 1.165) is 16.5 Å². The lowest BCUT2D eigenvalue weighted by molar-refractivity contribution is -0.139. The van der Waals surface area contributed by atoms with Gasteiger partial charge in [-0.3, -0.25) is 9.36 Å². The third-order valence-electron chi connectivity index (χ3n) is 7.92. The highest BCUT2D eigenvalue weighted by atomic mass is 79.9. The second kappa shape index (κ2) is 14.8. The van der Waals surface area contributed by atoms with Crippen molar-refractivity contribution in [2.75, 3.05) is 13.2 Å². The van der Waals surface area contributed by atoms with Gasteiger partial charge < -0.3 is 18.9 Å². The van der Waals surface area contributed by atoms with Crippen molar-refractivity contribution in [2.45, 2.75) is 53.4 Å². The molecule has 1 aromatic heterocycles. The Morgan fingerprint density at radius 2 is 1.71 bits per heavy atom. The number of hydrogen-bond acceptors (Lipinski definition) is 8. The van der Waals surface area contributed by atoms with Crippen molar-refractivity contribution in [1.29, 1.82) is 0 Å². The van der Waals surface area contributed by atoms with Crippen LogP contribution in [0.1, 0.15) is 57.4 Å². The molecule has 1 aliphatic rings. The van der Waals surface area contributed by atoms with Gasteiger partial charge in [0.2, 0.25) is 0 Å². The molecule has 0 amide bonds. The van der Waals surface area contributed by atoms with Gasteiger partial charge in [-0.2, -0.15) is 0 Å². The van der Waals surface area contributed by atoms with E-state index in [4.69, 9.17) is 23.9 Å². The average molecular weight is 742 g/mol. The first-order valence-electron chi connectivity index (χ1n) is 16.2. The minimum absolute atomic E-state index is 0.120. The summed E-state index contributed by atoms with van der Waals surface area (Å²) in [5, 5.41) is 2.32. The number of hydrogen-bond donors (Lipinski definition) is 0. The maximum Gasteiger partial charge on any atom is 0.338 e. The summed E-state index contributed by atoms with van der Waals surface area (Å²) in [6.07, 6.45) is 1.69. The molecule has 4 aromatic carbocycles. The minimum Gasteiger partial charge on any atom is -0.491 e. The fourth-order valence-electron chi connectivity index (χ4n) is 5.86. The van der Waals surface area contributed by atoms with Gasteiger partial charge >= 0.3 is 5.97 Å². The number of benzene rings is 4. The van der Waals surface area contributed by atoms with Gasteiger partial charge in [-0.25, -0.2) is 9.79 Å². The Balaban J connectivity index is 1.41. The molecule has 10 heteroatoms. The molecular formula is C39H37BrN2O6S. The number of halogens is 1. The van der Waals surface area contributed by atoms with Crippen molar-refractivity contribution in [3.8, 4) is 17.2 Å². The highest BCUT2D eigenvalue weighted by Gasteiger charge is 2.35. The first-order chi connectivity index (χ1) is 23.7. The summed E-state index contributed by atoms with van der Waals surface area (Å²) in [6.45, 7) is 10.3. The molecule has 0 spiro atoms. The molecule has 6 rings (SSSR count). The van der Waals surface area contributed by atoms with Gasteiger partial charge in [-0.1, -0.05) is 65.9 Å². The van der Waals surface area contributed by atoms with Crippen LogP contribution in [0, 0.1) is 0 Å². The highest BCUT2D eigenvalue weighted by Crippen LogP contribution is 2.39. The van der Waals surface area contributed by atoms with E-state index in [0.29, 0.717) is 61.1 Å². The van der Waals surface area contributed by atoms with Crippen LogP contribution >= 0.6 is 27.3 Å². The molecule has 1 aliphatic heterocycles. The van der Waals surface area contributed by atoms with Gasteiger partial charge in [-0.05, 0) is 103 Å².